The number of aromatic nitrogens is 1. The predicted molar refractivity (Wildman–Crippen MR) is 117 cm³/mol. The van der Waals surface area contributed by atoms with E-state index < -0.39 is 15.8 Å². The molecule has 8 nitrogen and oxygen atoms in total. The monoisotopic (exact) mass is 449 g/mol. The first kappa shape index (κ1) is 22.1. The molecule has 170 valence electrons. The molecule has 9 heteroatoms. The van der Waals surface area contributed by atoms with Crippen molar-refractivity contribution in [1.29, 1.82) is 0 Å². The highest BCUT2D eigenvalue weighted by molar-refractivity contribution is 7.89. The maximum Gasteiger partial charge on any atom is 0.420 e. The number of piperidine rings is 2. The first-order chi connectivity index (χ1) is 14.8. The van der Waals surface area contributed by atoms with Crippen molar-refractivity contribution in [2.75, 3.05) is 26.2 Å². The molecule has 0 bridgehead atoms. The molecule has 0 spiro atoms. The zero-order valence-electron chi connectivity index (χ0n) is 18.2. The zero-order valence-corrected chi connectivity index (χ0v) is 19.1. The molecule has 2 aliphatic rings. The average Bonchev–Trinajstić information content (AvgIpc) is 3.09. The van der Waals surface area contributed by atoms with E-state index in [0.29, 0.717) is 37.9 Å². The molecule has 1 aromatic carbocycles. The van der Waals surface area contributed by atoms with E-state index in [-0.39, 0.29) is 28.3 Å². The number of likely N-dealkylation sites (tertiary alicyclic amines) is 1. The topological polar surface area (TPSA) is 92.8 Å². The van der Waals surface area contributed by atoms with Crippen LogP contribution in [0.2, 0.25) is 0 Å². The van der Waals surface area contributed by atoms with Crippen LogP contribution in [-0.4, -0.2) is 54.3 Å². The first-order valence-corrected chi connectivity index (χ1v) is 12.6. The van der Waals surface area contributed by atoms with E-state index in [2.05, 4.69) is 0 Å². The summed E-state index contributed by atoms with van der Waals surface area (Å²) in [5.41, 5.74) is 0.871. The lowest BCUT2D eigenvalue weighted by atomic mass is 9.93. The van der Waals surface area contributed by atoms with Crippen molar-refractivity contribution in [1.82, 2.24) is 13.8 Å². The van der Waals surface area contributed by atoms with E-state index in [1.807, 2.05) is 18.7 Å². The Kier molecular flexibility index (Phi) is 6.25. The van der Waals surface area contributed by atoms with Gasteiger partial charge in [0.05, 0.1) is 10.4 Å². The number of carbonyl (C=O) groups excluding carboxylic acids is 1. The maximum absolute atomic E-state index is 13.2. The van der Waals surface area contributed by atoms with Crippen LogP contribution in [0, 0.1) is 5.92 Å². The van der Waals surface area contributed by atoms with Gasteiger partial charge in [-0.25, -0.2) is 13.2 Å². The second-order valence-electron chi connectivity index (χ2n) is 8.95. The number of benzene rings is 1. The molecule has 0 aliphatic carbocycles. The zero-order chi connectivity index (χ0) is 22.2. The lowest BCUT2D eigenvalue weighted by Gasteiger charge is -2.33. The number of sulfonamides is 1. The minimum Gasteiger partial charge on any atom is -0.408 e. The third kappa shape index (κ3) is 4.43. The van der Waals surface area contributed by atoms with Gasteiger partial charge >= 0.3 is 5.76 Å². The quantitative estimate of drug-likeness (QED) is 0.700. The Balaban J connectivity index is 1.43. The summed E-state index contributed by atoms with van der Waals surface area (Å²) in [6.45, 7) is 6.25. The van der Waals surface area contributed by atoms with E-state index in [1.54, 1.807) is 6.07 Å². The average molecular weight is 450 g/mol. The summed E-state index contributed by atoms with van der Waals surface area (Å²) in [5.74, 6) is -0.0589. The fourth-order valence-electron chi connectivity index (χ4n) is 4.69. The van der Waals surface area contributed by atoms with Crippen LogP contribution in [0.3, 0.4) is 0 Å². The van der Waals surface area contributed by atoms with Gasteiger partial charge in [-0.1, -0.05) is 0 Å². The number of carbonyl (C=O) groups is 1. The van der Waals surface area contributed by atoms with Gasteiger partial charge < -0.3 is 9.32 Å². The molecule has 0 N–H and O–H groups in total. The molecule has 2 saturated heterocycles. The van der Waals surface area contributed by atoms with Crippen molar-refractivity contribution in [3.05, 3.63) is 28.7 Å². The lowest BCUT2D eigenvalue weighted by Crippen LogP contribution is -2.41. The lowest BCUT2D eigenvalue weighted by molar-refractivity contribution is -0.133. The molecule has 1 amide bonds. The highest BCUT2D eigenvalue weighted by atomic mass is 32.2. The van der Waals surface area contributed by atoms with Crippen molar-refractivity contribution in [3.8, 4) is 0 Å². The Bertz CT molecular complexity index is 1100. The number of hydrogen-bond acceptors (Lipinski definition) is 5. The van der Waals surface area contributed by atoms with E-state index in [4.69, 9.17) is 4.42 Å². The Morgan fingerprint density at radius 3 is 2.42 bits per heavy atom. The van der Waals surface area contributed by atoms with Crippen LogP contribution in [0.25, 0.3) is 11.1 Å². The van der Waals surface area contributed by atoms with Crippen molar-refractivity contribution in [3.63, 3.8) is 0 Å². The van der Waals surface area contributed by atoms with Gasteiger partial charge in [0.25, 0.3) is 0 Å². The summed E-state index contributed by atoms with van der Waals surface area (Å²) < 4.78 is 34.6. The van der Waals surface area contributed by atoms with Gasteiger partial charge in [0.2, 0.25) is 15.9 Å². The van der Waals surface area contributed by atoms with E-state index >= 15 is 0 Å². The Morgan fingerprint density at radius 2 is 1.77 bits per heavy atom. The fourth-order valence-corrected chi connectivity index (χ4v) is 6.17. The third-order valence-electron chi connectivity index (χ3n) is 6.48. The van der Waals surface area contributed by atoms with Crippen LogP contribution in [0.4, 0.5) is 0 Å². The number of rotatable bonds is 5. The fraction of sp³-hybridized carbons (Fsp3) is 0.636. The van der Waals surface area contributed by atoms with Crippen LogP contribution in [0.5, 0.6) is 0 Å². The predicted octanol–water partition coefficient (Wildman–Crippen LogP) is 2.98. The highest BCUT2D eigenvalue weighted by Gasteiger charge is 2.31. The molecule has 0 unspecified atom stereocenters. The number of nitrogens with zero attached hydrogens (tertiary/aromatic N) is 3. The summed E-state index contributed by atoms with van der Waals surface area (Å²) in [7, 11) is -3.68. The second-order valence-corrected chi connectivity index (χ2v) is 10.9. The minimum absolute atomic E-state index is 0.0807. The molecule has 0 atom stereocenters. The Hall–Kier alpha value is -2.13. The highest BCUT2D eigenvalue weighted by Crippen LogP contribution is 2.28. The molecular formula is C22H31N3O5S. The van der Waals surface area contributed by atoms with Gasteiger partial charge in [0, 0.05) is 44.7 Å². The van der Waals surface area contributed by atoms with Crippen LogP contribution >= 0.6 is 0 Å². The van der Waals surface area contributed by atoms with Crippen molar-refractivity contribution >= 4 is 27.0 Å². The normalized spacial score (nSPS) is 19.4. The Morgan fingerprint density at radius 1 is 1.10 bits per heavy atom. The Labute approximate surface area is 182 Å². The van der Waals surface area contributed by atoms with E-state index in [9.17, 15) is 18.0 Å². The third-order valence-corrected chi connectivity index (χ3v) is 8.38. The summed E-state index contributed by atoms with van der Waals surface area (Å²) in [6, 6.07) is 4.54. The molecule has 0 saturated carbocycles. The SMILES string of the molecule is CC(C)n1c(=O)oc2cc(S(=O)(=O)N3CCC(CC(=O)N4CCCCC4)CC3)ccc21. The number of amides is 1. The smallest absolute Gasteiger partial charge is 0.408 e. The number of hydrogen-bond donors (Lipinski definition) is 0. The molecule has 0 radical (unpaired) electrons. The van der Waals surface area contributed by atoms with E-state index in [0.717, 1.165) is 25.9 Å². The van der Waals surface area contributed by atoms with Gasteiger partial charge in [0.15, 0.2) is 5.58 Å². The number of fused-ring (bicyclic) bond motifs is 1. The summed E-state index contributed by atoms with van der Waals surface area (Å²) in [5, 5.41) is 0. The molecule has 4 rings (SSSR count). The molecular weight excluding hydrogens is 418 g/mol. The summed E-state index contributed by atoms with van der Waals surface area (Å²) in [6.07, 6.45) is 5.21. The van der Waals surface area contributed by atoms with Gasteiger partial charge in [-0.2, -0.15) is 4.31 Å². The molecule has 1 aromatic heterocycles. The van der Waals surface area contributed by atoms with Crippen LogP contribution in [-0.2, 0) is 14.8 Å². The van der Waals surface area contributed by atoms with Crippen molar-refractivity contribution in [2.45, 2.75) is 63.3 Å². The summed E-state index contributed by atoms with van der Waals surface area (Å²) in [4.78, 5) is 26.7. The standard InChI is InChI=1S/C22H31N3O5S/c1-16(2)25-19-7-6-18(15-20(19)30-22(25)27)31(28,29)24-12-8-17(9-13-24)14-21(26)23-10-4-3-5-11-23/h6-7,15-17H,3-5,8-14H2,1-2H3. The minimum atomic E-state index is -3.68. The summed E-state index contributed by atoms with van der Waals surface area (Å²) >= 11 is 0. The second kappa shape index (κ2) is 8.78. The van der Waals surface area contributed by atoms with Crippen LogP contribution in [0.15, 0.2) is 32.3 Å². The van der Waals surface area contributed by atoms with Crippen molar-refractivity contribution in [2.24, 2.45) is 5.92 Å². The van der Waals surface area contributed by atoms with Gasteiger partial charge in [-0.05, 0) is 64.0 Å². The maximum atomic E-state index is 13.2. The molecule has 3 heterocycles. The molecule has 2 aliphatic heterocycles. The van der Waals surface area contributed by atoms with Crippen LogP contribution in [0.1, 0.15) is 58.4 Å². The number of oxazole rings is 1. The van der Waals surface area contributed by atoms with Gasteiger partial charge in [-0.15, -0.1) is 0 Å². The molecule has 2 fully saturated rings. The van der Waals surface area contributed by atoms with Gasteiger partial charge in [-0.3, -0.25) is 9.36 Å². The first-order valence-electron chi connectivity index (χ1n) is 11.2. The van der Waals surface area contributed by atoms with Crippen LogP contribution < -0.4 is 5.76 Å². The molecule has 31 heavy (non-hydrogen) atoms. The molecule has 2 aromatic rings. The van der Waals surface area contributed by atoms with E-state index in [1.165, 1.54) is 27.4 Å². The van der Waals surface area contributed by atoms with Gasteiger partial charge in [0.1, 0.15) is 0 Å². The largest absolute Gasteiger partial charge is 0.420 e. The van der Waals surface area contributed by atoms with Crippen molar-refractivity contribution < 1.29 is 17.6 Å².